The zero-order valence-corrected chi connectivity index (χ0v) is 15.7. The van der Waals surface area contributed by atoms with E-state index in [0.717, 1.165) is 50.3 Å². The highest BCUT2D eigenvalue weighted by molar-refractivity contribution is 6.00. The smallest absolute Gasteiger partial charge is 0.134 e. The second-order valence-corrected chi connectivity index (χ2v) is 6.50. The molecule has 0 unspecified atom stereocenters. The van der Waals surface area contributed by atoms with Crippen molar-refractivity contribution in [2.75, 3.05) is 12.8 Å². The van der Waals surface area contributed by atoms with Crippen LogP contribution in [0.2, 0.25) is 0 Å². The van der Waals surface area contributed by atoms with Crippen LogP contribution in [0.15, 0.2) is 36.9 Å². The molecule has 3 heterocycles. The molecule has 0 radical (unpaired) electrons. The molecule has 0 atom stereocenters. The highest BCUT2D eigenvalue weighted by Crippen LogP contribution is 2.37. The number of aryl methyl sites for hydroxylation is 2. The van der Waals surface area contributed by atoms with Gasteiger partial charge in [0, 0.05) is 35.3 Å². The summed E-state index contributed by atoms with van der Waals surface area (Å²) in [4.78, 5) is 13.6. The molecule has 136 valence electrons. The van der Waals surface area contributed by atoms with Crippen LogP contribution in [0.25, 0.3) is 33.4 Å². The van der Waals surface area contributed by atoms with Crippen LogP contribution in [-0.4, -0.2) is 31.8 Å². The first kappa shape index (κ1) is 17.0. The third kappa shape index (κ3) is 2.77. The van der Waals surface area contributed by atoms with Crippen molar-refractivity contribution in [3.63, 3.8) is 0 Å². The maximum absolute atomic E-state index is 6.16. The molecule has 0 saturated heterocycles. The Bertz CT molecular complexity index is 1160. The predicted octanol–water partition coefficient (Wildman–Crippen LogP) is 3.30. The van der Waals surface area contributed by atoms with Gasteiger partial charge in [-0.15, -0.1) is 0 Å². The average molecular weight is 360 g/mol. The summed E-state index contributed by atoms with van der Waals surface area (Å²) in [6.45, 7) is 4.08. The Morgan fingerprint density at radius 1 is 1.15 bits per heavy atom. The number of pyridine rings is 1. The molecule has 1 aromatic carbocycles. The molecule has 0 saturated carbocycles. The second kappa shape index (κ2) is 6.35. The molecule has 4 rings (SSSR count). The lowest BCUT2D eigenvalue weighted by molar-refractivity contribution is 0.412. The Labute approximate surface area is 156 Å². The van der Waals surface area contributed by atoms with Gasteiger partial charge in [-0.25, -0.2) is 15.0 Å². The van der Waals surface area contributed by atoms with Gasteiger partial charge in [-0.3, -0.25) is 4.68 Å². The summed E-state index contributed by atoms with van der Waals surface area (Å²) in [5.41, 5.74) is 12.4. The molecule has 7 heteroatoms. The minimum Gasteiger partial charge on any atom is -0.496 e. The van der Waals surface area contributed by atoms with Gasteiger partial charge in [-0.05, 0) is 31.5 Å². The molecule has 0 fully saturated rings. The molecule has 27 heavy (non-hydrogen) atoms. The number of hydrogen-bond acceptors (Lipinski definition) is 6. The number of rotatable bonds is 3. The van der Waals surface area contributed by atoms with Crippen LogP contribution in [0.3, 0.4) is 0 Å². The number of nitrogens with two attached hydrogens (primary N) is 1. The molecule has 0 spiro atoms. The number of hydrogen-bond donors (Lipinski definition) is 1. The van der Waals surface area contributed by atoms with Crippen LogP contribution in [0.1, 0.15) is 11.1 Å². The van der Waals surface area contributed by atoms with E-state index in [1.165, 1.54) is 6.33 Å². The molecule has 2 N–H and O–H groups in total. The zero-order valence-electron chi connectivity index (χ0n) is 15.7. The van der Waals surface area contributed by atoms with Gasteiger partial charge < -0.3 is 10.5 Å². The van der Waals surface area contributed by atoms with Crippen molar-refractivity contribution in [2.24, 2.45) is 7.05 Å². The fourth-order valence-electron chi connectivity index (χ4n) is 3.37. The Morgan fingerprint density at radius 3 is 2.67 bits per heavy atom. The number of nitrogen functional groups attached to an aromatic ring is 1. The van der Waals surface area contributed by atoms with Crippen molar-refractivity contribution >= 4 is 16.7 Å². The molecule has 0 aliphatic heterocycles. The number of fused-ring (bicyclic) bond motifs is 1. The molecule has 0 aliphatic carbocycles. The van der Waals surface area contributed by atoms with Crippen molar-refractivity contribution in [1.82, 2.24) is 24.7 Å². The largest absolute Gasteiger partial charge is 0.496 e. The predicted molar refractivity (Wildman–Crippen MR) is 105 cm³/mol. The van der Waals surface area contributed by atoms with Gasteiger partial charge in [0.15, 0.2) is 0 Å². The number of aromatic nitrogens is 5. The van der Waals surface area contributed by atoms with Gasteiger partial charge in [0.2, 0.25) is 0 Å². The molecular formula is C20H20N6O. The van der Waals surface area contributed by atoms with E-state index in [0.29, 0.717) is 5.82 Å². The number of nitrogens with zero attached hydrogens (tertiary/aromatic N) is 5. The summed E-state index contributed by atoms with van der Waals surface area (Å²) in [6.07, 6.45) is 5.17. The molecule has 0 aliphatic rings. The topological polar surface area (TPSA) is 91.7 Å². The first-order chi connectivity index (χ1) is 13.0. The third-order valence-electron chi connectivity index (χ3n) is 4.73. The normalized spacial score (nSPS) is 11.1. The highest BCUT2D eigenvalue weighted by atomic mass is 16.5. The molecule has 0 amide bonds. The van der Waals surface area contributed by atoms with Gasteiger partial charge in [-0.2, -0.15) is 5.10 Å². The van der Waals surface area contributed by atoms with Crippen molar-refractivity contribution in [3.8, 4) is 28.3 Å². The van der Waals surface area contributed by atoms with E-state index >= 15 is 0 Å². The summed E-state index contributed by atoms with van der Waals surface area (Å²) in [7, 11) is 3.54. The minimum absolute atomic E-state index is 0.423. The fourth-order valence-corrected chi connectivity index (χ4v) is 3.37. The lowest BCUT2D eigenvalue weighted by atomic mass is 9.96. The van der Waals surface area contributed by atoms with Gasteiger partial charge in [-0.1, -0.05) is 6.07 Å². The van der Waals surface area contributed by atoms with E-state index in [2.05, 4.69) is 22.0 Å². The van der Waals surface area contributed by atoms with E-state index in [-0.39, 0.29) is 0 Å². The summed E-state index contributed by atoms with van der Waals surface area (Å²) in [5.74, 6) is 1.23. The quantitative estimate of drug-likeness (QED) is 0.603. The molecule has 0 bridgehead atoms. The Hall–Kier alpha value is -3.48. The van der Waals surface area contributed by atoms with E-state index < -0.39 is 0 Å². The summed E-state index contributed by atoms with van der Waals surface area (Å²) < 4.78 is 7.26. The lowest BCUT2D eigenvalue weighted by Gasteiger charge is -2.16. The Morgan fingerprint density at radius 2 is 1.96 bits per heavy atom. The number of benzene rings is 1. The monoisotopic (exact) mass is 360 g/mol. The number of anilines is 1. The zero-order chi connectivity index (χ0) is 19.1. The minimum atomic E-state index is 0.423. The van der Waals surface area contributed by atoms with Crippen LogP contribution < -0.4 is 10.5 Å². The summed E-state index contributed by atoms with van der Waals surface area (Å²) in [6, 6.07) is 5.90. The van der Waals surface area contributed by atoms with Gasteiger partial charge in [0.05, 0.1) is 24.7 Å². The van der Waals surface area contributed by atoms with Crippen molar-refractivity contribution < 1.29 is 4.74 Å². The average Bonchev–Trinajstić information content (AvgIpc) is 3.09. The van der Waals surface area contributed by atoms with E-state index in [1.54, 1.807) is 18.0 Å². The van der Waals surface area contributed by atoms with Gasteiger partial charge >= 0.3 is 0 Å². The summed E-state index contributed by atoms with van der Waals surface area (Å²) in [5, 5.41) is 5.02. The lowest BCUT2D eigenvalue weighted by Crippen LogP contribution is -2.01. The van der Waals surface area contributed by atoms with Crippen LogP contribution >= 0.6 is 0 Å². The van der Waals surface area contributed by atoms with Crippen molar-refractivity contribution in [1.29, 1.82) is 0 Å². The molecule has 4 aromatic rings. The Balaban J connectivity index is 2.10. The van der Waals surface area contributed by atoms with Gasteiger partial charge in [0.25, 0.3) is 0 Å². The second-order valence-electron chi connectivity index (χ2n) is 6.50. The molecular weight excluding hydrogens is 340 g/mol. The van der Waals surface area contributed by atoms with E-state index in [4.69, 9.17) is 15.5 Å². The first-order valence-electron chi connectivity index (χ1n) is 8.54. The van der Waals surface area contributed by atoms with Crippen LogP contribution in [-0.2, 0) is 7.05 Å². The highest BCUT2D eigenvalue weighted by Gasteiger charge is 2.18. The van der Waals surface area contributed by atoms with Crippen LogP contribution in [0.4, 0.5) is 5.82 Å². The van der Waals surface area contributed by atoms with E-state index in [1.807, 2.05) is 38.4 Å². The molecule has 3 aromatic heterocycles. The van der Waals surface area contributed by atoms with Crippen molar-refractivity contribution in [3.05, 3.63) is 48.0 Å². The summed E-state index contributed by atoms with van der Waals surface area (Å²) >= 11 is 0. The number of ether oxygens (including phenoxy) is 1. The fraction of sp³-hybridized carbons (Fsp3) is 0.200. The van der Waals surface area contributed by atoms with E-state index in [9.17, 15) is 0 Å². The van der Waals surface area contributed by atoms with Crippen molar-refractivity contribution in [2.45, 2.75) is 13.8 Å². The van der Waals surface area contributed by atoms with Crippen LogP contribution in [0, 0.1) is 13.8 Å². The third-order valence-corrected chi connectivity index (χ3v) is 4.73. The molecule has 7 nitrogen and oxygen atoms in total. The van der Waals surface area contributed by atoms with Gasteiger partial charge in [0.1, 0.15) is 23.4 Å². The standard InChI is InChI=1S/C20H20N6O/c1-11-5-6-16(27-4)12(2)17(11)19-18-14(20(21)23-10-22-18)7-15(25-19)13-8-24-26(3)9-13/h5-10H,1-4H3,(H2,21,22,23). The Kier molecular flexibility index (Phi) is 3.99. The SMILES string of the molecule is COc1ccc(C)c(-c2nc(-c3cnn(C)c3)cc3c(N)ncnc23)c1C. The first-order valence-corrected chi connectivity index (χ1v) is 8.54. The maximum Gasteiger partial charge on any atom is 0.134 e. The maximum atomic E-state index is 6.16. The number of methoxy groups -OCH3 is 1. The van der Waals surface area contributed by atoms with Crippen LogP contribution in [0.5, 0.6) is 5.75 Å².